The second-order valence-corrected chi connectivity index (χ2v) is 6.52. The largest absolute Gasteiger partial charge is 0.497 e. The van der Waals surface area contributed by atoms with Crippen LogP contribution in [0.3, 0.4) is 0 Å². The Balaban J connectivity index is 0.00000261. The molecular weight excluding hydrogens is 364 g/mol. The SMILES string of the molecule is COc1cccc(C(NC(=O)C2CCNCC2)c2cccc(OC)c2)c1.Cl. The number of amides is 1. The standard InChI is InChI=1S/C21H26N2O3.ClH/c1-25-18-7-3-5-16(13-18)20(17-6-4-8-19(14-17)26-2)23-21(24)15-9-11-22-12-10-15;/h3-8,13-15,20,22H,9-12H2,1-2H3,(H,23,24);1H. The summed E-state index contributed by atoms with van der Waals surface area (Å²) in [4.78, 5) is 12.9. The van der Waals surface area contributed by atoms with Gasteiger partial charge in [-0.05, 0) is 61.3 Å². The van der Waals surface area contributed by atoms with E-state index < -0.39 is 0 Å². The van der Waals surface area contributed by atoms with E-state index in [1.165, 1.54) is 0 Å². The summed E-state index contributed by atoms with van der Waals surface area (Å²) in [5.41, 5.74) is 1.97. The molecule has 2 aromatic carbocycles. The first kappa shape index (κ1) is 21.1. The molecule has 1 aliphatic rings. The summed E-state index contributed by atoms with van der Waals surface area (Å²) in [6.45, 7) is 1.78. The molecule has 0 aliphatic carbocycles. The lowest BCUT2D eigenvalue weighted by molar-refractivity contribution is -0.126. The molecule has 3 rings (SSSR count). The Morgan fingerprint density at radius 3 is 2.00 bits per heavy atom. The summed E-state index contributed by atoms with van der Waals surface area (Å²) >= 11 is 0. The fourth-order valence-corrected chi connectivity index (χ4v) is 3.35. The summed E-state index contributed by atoms with van der Waals surface area (Å²) in [5.74, 6) is 1.69. The molecule has 1 aliphatic heterocycles. The van der Waals surface area contributed by atoms with Crippen molar-refractivity contribution >= 4 is 18.3 Å². The number of halogens is 1. The van der Waals surface area contributed by atoms with E-state index in [0.29, 0.717) is 0 Å². The van der Waals surface area contributed by atoms with Crippen LogP contribution in [0.5, 0.6) is 11.5 Å². The molecule has 2 aromatic rings. The molecule has 6 heteroatoms. The molecule has 0 atom stereocenters. The highest BCUT2D eigenvalue weighted by atomic mass is 35.5. The number of carbonyl (C=O) groups excluding carboxylic acids is 1. The summed E-state index contributed by atoms with van der Waals surface area (Å²) in [6, 6.07) is 15.4. The molecule has 0 unspecified atom stereocenters. The van der Waals surface area contributed by atoms with Gasteiger partial charge in [0, 0.05) is 5.92 Å². The van der Waals surface area contributed by atoms with Gasteiger partial charge in [0.1, 0.15) is 11.5 Å². The Morgan fingerprint density at radius 2 is 1.52 bits per heavy atom. The third-order valence-corrected chi connectivity index (χ3v) is 4.85. The number of methoxy groups -OCH3 is 2. The van der Waals surface area contributed by atoms with E-state index in [2.05, 4.69) is 10.6 Å². The van der Waals surface area contributed by atoms with E-state index in [1.54, 1.807) is 14.2 Å². The zero-order chi connectivity index (χ0) is 18.4. The lowest BCUT2D eigenvalue weighted by Gasteiger charge is -2.26. The van der Waals surface area contributed by atoms with Gasteiger partial charge in [-0.1, -0.05) is 24.3 Å². The molecule has 0 saturated carbocycles. The van der Waals surface area contributed by atoms with Crippen molar-refractivity contribution in [1.29, 1.82) is 0 Å². The number of hydrogen-bond acceptors (Lipinski definition) is 4. The number of piperidine rings is 1. The van der Waals surface area contributed by atoms with Crippen molar-refractivity contribution in [2.45, 2.75) is 18.9 Å². The van der Waals surface area contributed by atoms with E-state index in [-0.39, 0.29) is 30.3 Å². The average Bonchev–Trinajstić information content (AvgIpc) is 2.72. The lowest BCUT2D eigenvalue weighted by Crippen LogP contribution is -2.40. The number of rotatable bonds is 6. The van der Waals surface area contributed by atoms with Gasteiger partial charge < -0.3 is 20.1 Å². The highest BCUT2D eigenvalue weighted by Crippen LogP contribution is 2.28. The molecule has 5 nitrogen and oxygen atoms in total. The van der Waals surface area contributed by atoms with Gasteiger partial charge in [-0.2, -0.15) is 0 Å². The molecular formula is C21H27ClN2O3. The summed E-state index contributed by atoms with van der Waals surface area (Å²) < 4.78 is 10.7. The van der Waals surface area contributed by atoms with Crippen molar-refractivity contribution < 1.29 is 14.3 Å². The zero-order valence-electron chi connectivity index (χ0n) is 15.7. The van der Waals surface area contributed by atoms with Crippen molar-refractivity contribution in [3.05, 3.63) is 59.7 Å². The van der Waals surface area contributed by atoms with Gasteiger partial charge in [0.2, 0.25) is 5.91 Å². The molecule has 0 bridgehead atoms. The minimum Gasteiger partial charge on any atom is -0.497 e. The molecule has 1 heterocycles. The minimum absolute atomic E-state index is 0. The van der Waals surface area contributed by atoms with Crippen LogP contribution in [0.2, 0.25) is 0 Å². The van der Waals surface area contributed by atoms with Crippen LogP contribution in [0.4, 0.5) is 0 Å². The van der Waals surface area contributed by atoms with Crippen LogP contribution in [0.1, 0.15) is 30.0 Å². The van der Waals surface area contributed by atoms with E-state index >= 15 is 0 Å². The van der Waals surface area contributed by atoms with Gasteiger partial charge in [-0.15, -0.1) is 12.4 Å². The fraction of sp³-hybridized carbons (Fsp3) is 0.381. The van der Waals surface area contributed by atoms with Crippen LogP contribution in [0, 0.1) is 5.92 Å². The topological polar surface area (TPSA) is 59.6 Å². The summed E-state index contributed by atoms with van der Waals surface area (Å²) in [7, 11) is 3.29. The number of carbonyl (C=O) groups is 1. The van der Waals surface area contributed by atoms with Crippen molar-refractivity contribution in [2.24, 2.45) is 5.92 Å². The van der Waals surface area contributed by atoms with Gasteiger partial charge in [0.05, 0.1) is 20.3 Å². The second-order valence-electron chi connectivity index (χ2n) is 6.52. The molecule has 27 heavy (non-hydrogen) atoms. The van der Waals surface area contributed by atoms with E-state index in [0.717, 1.165) is 48.6 Å². The quantitative estimate of drug-likeness (QED) is 0.794. The Labute approximate surface area is 166 Å². The van der Waals surface area contributed by atoms with Gasteiger partial charge in [-0.3, -0.25) is 4.79 Å². The van der Waals surface area contributed by atoms with Crippen LogP contribution < -0.4 is 20.1 Å². The van der Waals surface area contributed by atoms with E-state index in [4.69, 9.17) is 9.47 Å². The molecule has 0 spiro atoms. The highest BCUT2D eigenvalue weighted by Gasteiger charge is 2.25. The molecule has 1 saturated heterocycles. The predicted octanol–water partition coefficient (Wildman–Crippen LogP) is 3.33. The Morgan fingerprint density at radius 1 is 1.00 bits per heavy atom. The monoisotopic (exact) mass is 390 g/mol. The van der Waals surface area contributed by atoms with Crippen LogP contribution >= 0.6 is 12.4 Å². The zero-order valence-corrected chi connectivity index (χ0v) is 16.6. The maximum absolute atomic E-state index is 12.9. The fourth-order valence-electron chi connectivity index (χ4n) is 3.35. The van der Waals surface area contributed by atoms with Crippen molar-refractivity contribution in [1.82, 2.24) is 10.6 Å². The molecule has 1 amide bonds. The number of nitrogens with one attached hydrogen (secondary N) is 2. The maximum atomic E-state index is 12.9. The number of benzene rings is 2. The molecule has 146 valence electrons. The lowest BCUT2D eigenvalue weighted by atomic mass is 9.94. The maximum Gasteiger partial charge on any atom is 0.223 e. The van der Waals surface area contributed by atoms with Crippen LogP contribution in [0.15, 0.2) is 48.5 Å². The highest BCUT2D eigenvalue weighted by molar-refractivity contribution is 5.85. The van der Waals surface area contributed by atoms with Gasteiger partial charge >= 0.3 is 0 Å². The van der Waals surface area contributed by atoms with Gasteiger partial charge in [0.15, 0.2) is 0 Å². The van der Waals surface area contributed by atoms with Crippen molar-refractivity contribution in [3.63, 3.8) is 0 Å². The van der Waals surface area contributed by atoms with Gasteiger partial charge in [-0.25, -0.2) is 0 Å². The first-order valence-corrected chi connectivity index (χ1v) is 9.00. The first-order chi connectivity index (χ1) is 12.7. The predicted molar refractivity (Wildman–Crippen MR) is 109 cm³/mol. The smallest absolute Gasteiger partial charge is 0.223 e. The Bertz CT molecular complexity index is 700. The number of hydrogen-bond donors (Lipinski definition) is 2. The molecule has 1 fully saturated rings. The molecule has 0 radical (unpaired) electrons. The number of ether oxygens (including phenoxy) is 2. The Hall–Kier alpha value is -2.24. The molecule has 0 aromatic heterocycles. The van der Waals surface area contributed by atoms with Gasteiger partial charge in [0.25, 0.3) is 0 Å². The normalized spacial score (nSPS) is 14.3. The average molecular weight is 391 g/mol. The first-order valence-electron chi connectivity index (χ1n) is 9.00. The summed E-state index contributed by atoms with van der Waals surface area (Å²) in [5, 5.41) is 6.55. The van der Waals surface area contributed by atoms with Crippen molar-refractivity contribution in [2.75, 3.05) is 27.3 Å². The third-order valence-electron chi connectivity index (χ3n) is 4.85. The second kappa shape index (κ2) is 10.2. The van der Waals surface area contributed by atoms with Crippen molar-refractivity contribution in [3.8, 4) is 11.5 Å². The van der Waals surface area contributed by atoms with E-state index in [1.807, 2.05) is 48.5 Å². The summed E-state index contributed by atoms with van der Waals surface area (Å²) in [6.07, 6.45) is 1.74. The van der Waals surface area contributed by atoms with Crippen LogP contribution in [0.25, 0.3) is 0 Å². The Kier molecular flexibility index (Phi) is 7.95. The minimum atomic E-state index is -0.248. The van der Waals surface area contributed by atoms with Crippen LogP contribution in [-0.4, -0.2) is 33.2 Å². The molecule has 2 N–H and O–H groups in total. The van der Waals surface area contributed by atoms with Crippen LogP contribution in [-0.2, 0) is 4.79 Å². The van der Waals surface area contributed by atoms with E-state index in [9.17, 15) is 4.79 Å². The third kappa shape index (κ3) is 5.37.